The van der Waals surface area contributed by atoms with Crippen LogP contribution in [0.25, 0.3) is 5.57 Å². The van der Waals surface area contributed by atoms with E-state index in [4.69, 9.17) is 11.6 Å². The number of rotatable bonds is 7. The maximum Gasteiger partial charge on any atom is 0.285 e. The number of halogens is 1. The highest BCUT2D eigenvalue weighted by Gasteiger charge is 2.29. The van der Waals surface area contributed by atoms with E-state index in [0.717, 1.165) is 56.3 Å². The number of piperazine rings is 1. The van der Waals surface area contributed by atoms with Gasteiger partial charge in [0, 0.05) is 49.1 Å². The largest absolute Gasteiger partial charge is 0.369 e. The molecule has 1 amide bonds. The summed E-state index contributed by atoms with van der Waals surface area (Å²) in [4.78, 5) is 17.1. The molecule has 2 aliphatic rings. The normalized spacial score (nSPS) is 18.1. The topological polar surface area (TPSA) is 98.4 Å². The Bertz CT molecular complexity index is 1500. The summed E-state index contributed by atoms with van der Waals surface area (Å²) >= 11 is 6.16. The van der Waals surface area contributed by atoms with Crippen molar-refractivity contribution in [2.45, 2.75) is 44.9 Å². The molecule has 1 aliphatic heterocycles. The second-order valence-corrected chi connectivity index (χ2v) is 13.7. The number of hydrogen-bond acceptors (Lipinski definition) is 6. The number of allylic oxidation sites excluding steroid dienone is 1. The summed E-state index contributed by atoms with van der Waals surface area (Å²) in [7, 11) is -4.00. The number of benzene rings is 2. The second kappa shape index (κ2) is 11.4. The second-order valence-electron chi connectivity index (χ2n) is 11.6. The van der Waals surface area contributed by atoms with Crippen molar-refractivity contribution < 1.29 is 13.2 Å². The van der Waals surface area contributed by atoms with E-state index in [1.807, 2.05) is 12.1 Å². The molecule has 2 aromatic carbocycles. The molecule has 2 N–H and O–H groups in total. The highest BCUT2D eigenvalue weighted by atomic mass is 35.5. The van der Waals surface area contributed by atoms with Gasteiger partial charge in [-0.25, -0.2) is 13.1 Å². The van der Waals surface area contributed by atoms with Crippen LogP contribution >= 0.6 is 11.6 Å². The van der Waals surface area contributed by atoms with Crippen molar-refractivity contribution >= 4 is 38.8 Å². The van der Waals surface area contributed by atoms with E-state index in [9.17, 15) is 13.2 Å². The number of aromatic nitrogens is 2. The van der Waals surface area contributed by atoms with Crippen molar-refractivity contribution in [2.75, 3.05) is 37.6 Å². The number of carbonyl (C=O) groups excluding carboxylic acids is 1. The fraction of sp³-hybridized carbons (Fsp3) is 0.400. The third-order valence-corrected chi connectivity index (χ3v) is 9.44. The van der Waals surface area contributed by atoms with Gasteiger partial charge in [0.05, 0.1) is 4.90 Å². The molecule has 0 unspecified atom stereocenters. The molecular weight excluding hydrogens is 546 g/mol. The van der Waals surface area contributed by atoms with Crippen molar-refractivity contribution in [1.29, 1.82) is 0 Å². The van der Waals surface area contributed by atoms with Gasteiger partial charge < -0.3 is 4.90 Å². The summed E-state index contributed by atoms with van der Waals surface area (Å²) in [6, 6.07) is 16.4. The van der Waals surface area contributed by atoms with Crippen LogP contribution in [-0.4, -0.2) is 62.1 Å². The molecule has 1 aromatic heterocycles. The maximum absolute atomic E-state index is 12.7. The summed E-state index contributed by atoms with van der Waals surface area (Å²) in [5.74, 6) is -0.764. The summed E-state index contributed by atoms with van der Waals surface area (Å²) in [6.45, 7) is 11.0. The van der Waals surface area contributed by atoms with Gasteiger partial charge in [-0.3, -0.25) is 14.8 Å². The monoisotopic (exact) mass is 581 g/mol. The van der Waals surface area contributed by atoms with E-state index in [2.05, 4.69) is 50.7 Å². The first kappa shape index (κ1) is 28.4. The molecule has 1 saturated heterocycles. The minimum absolute atomic E-state index is 0.0311. The first-order valence-electron chi connectivity index (χ1n) is 13.6. The molecule has 0 spiro atoms. The molecular formula is C30H36ClN5O3S. The van der Waals surface area contributed by atoms with Gasteiger partial charge in [0.25, 0.3) is 15.9 Å². The third kappa shape index (κ3) is 6.59. The lowest BCUT2D eigenvalue weighted by Gasteiger charge is -2.39. The van der Waals surface area contributed by atoms with Crippen LogP contribution in [0.4, 0.5) is 5.69 Å². The smallest absolute Gasteiger partial charge is 0.285 e. The number of aryl methyl sites for hydroxylation is 1. The molecule has 8 nitrogen and oxygen atoms in total. The minimum Gasteiger partial charge on any atom is -0.369 e. The van der Waals surface area contributed by atoms with E-state index in [1.54, 1.807) is 31.2 Å². The molecule has 2 heterocycles. The molecule has 0 radical (unpaired) electrons. The van der Waals surface area contributed by atoms with Crippen molar-refractivity contribution in [1.82, 2.24) is 19.8 Å². The van der Waals surface area contributed by atoms with E-state index in [-0.39, 0.29) is 16.0 Å². The van der Waals surface area contributed by atoms with Crippen LogP contribution in [0.5, 0.6) is 0 Å². The zero-order chi connectivity index (χ0) is 28.5. The molecule has 212 valence electrons. The first-order valence-corrected chi connectivity index (χ1v) is 15.5. The van der Waals surface area contributed by atoms with Crippen LogP contribution in [0.2, 0.25) is 5.02 Å². The molecule has 40 heavy (non-hydrogen) atoms. The number of H-pyrrole nitrogens is 1. The Morgan fingerprint density at radius 2 is 1.73 bits per heavy atom. The lowest BCUT2D eigenvalue weighted by Crippen LogP contribution is -2.47. The summed E-state index contributed by atoms with van der Waals surface area (Å²) in [5.41, 5.74) is 6.22. The number of anilines is 1. The average Bonchev–Trinajstić information content (AvgIpc) is 3.37. The van der Waals surface area contributed by atoms with Gasteiger partial charge in [0.15, 0.2) is 5.69 Å². The van der Waals surface area contributed by atoms with Gasteiger partial charge >= 0.3 is 0 Å². The lowest BCUT2D eigenvalue weighted by molar-refractivity contribution is 0.0976. The number of sulfonamides is 1. The van der Waals surface area contributed by atoms with Crippen LogP contribution in [0.15, 0.2) is 65.1 Å². The Hall–Kier alpha value is -3.14. The number of nitrogens with zero attached hydrogens (tertiary/aromatic N) is 3. The fourth-order valence-electron chi connectivity index (χ4n) is 5.50. The number of hydrogen-bond donors (Lipinski definition) is 2. The molecule has 1 aliphatic carbocycles. The predicted molar refractivity (Wildman–Crippen MR) is 159 cm³/mol. The quantitative estimate of drug-likeness (QED) is 0.394. The predicted octanol–water partition coefficient (Wildman–Crippen LogP) is 5.28. The summed E-state index contributed by atoms with van der Waals surface area (Å²) < 4.78 is 27.5. The van der Waals surface area contributed by atoms with Crippen molar-refractivity contribution in [3.8, 4) is 0 Å². The van der Waals surface area contributed by atoms with Crippen LogP contribution < -0.4 is 9.62 Å². The van der Waals surface area contributed by atoms with Crippen LogP contribution in [0.3, 0.4) is 0 Å². The number of carbonyl (C=O) groups is 1. The standard InChI is InChI=1S/C30H36ClN5O3S/c1-21-18-28(33-32-21)29(37)34-40(38,39)26-10-8-25(9-11-26)36-16-14-35(15-17-36)20-23-12-13-30(2,3)19-27(23)22-4-6-24(31)7-5-22/h4-11,18H,12-17,19-20H2,1-3H3,(H,32,33)(H,34,37). The number of aromatic amines is 1. The third-order valence-electron chi connectivity index (χ3n) is 7.84. The van der Waals surface area contributed by atoms with Gasteiger partial charge in [0.1, 0.15) is 0 Å². The van der Waals surface area contributed by atoms with Gasteiger partial charge in [-0.05, 0) is 85.2 Å². The summed E-state index contributed by atoms with van der Waals surface area (Å²) in [6.07, 6.45) is 3.37. The minimum atomic E-state index is -4.00. The van der Waals surface area contributed by atoms with E-state index in [0.29, 0.717) is 5.69 Å². The molecule has 0 atom stereocenters. The molecule has 3 aromatic rings. The first-order chi connectivity index (χ1) is 19.0. The fourth-order valence-corrected chi connectivity index (χ4v) is 6.59. The van der Waals surface area contributed by atoms with Crippen molar-refractivity contribution in [2.24, 2.45) is 5.41 Å². The van der Waals surface area contributed by atoms with Gasteiger partial charge in [-0.2, -0.15) is 5.10 Å². The molecule has 0 saturated carbocycles. The Balaban J connectivity index is 1.21. The Kier molecular flexibility index (Phi) is 8.08. The lowest BCUT2D eigenvalue weighted by atomic mass is 9.72. The Morgan fingerprint density at radius 3 is 2.35 bits per heavy atom. The highest BCUT2D eigenvalue weighted by molar-refractivity contribution is 7.90. The van der Waals surface area contributed by atoms with Gasteiger partial charge in [-0.1, -0.05) is 43.2 Å². The SMILES string of the molecule is Cc1cc(C(=O)NS(=O)(=O)c2ccc(N3CCN(CC4=C(c5ccc(Cl)cc5)CC(C)(C)CC4)CC3)cc2)n[nH]1. The van der Waals surface area contributed by atoms with Crippen molar-refractivity contribution in [3.63, 3.8) is 0 Å². The van der Waals surface area contributed by atoms with E-state index < -0.39 is 15.9 Å². The molecule has 0 bridgehead atoms. The molecule has 1 fully saturated rings. The number of amides is 1. The van der Waals surface area contributed by atoms with E-state index >= 15 is 0 Å². The Morgan fingerprint density at radius 1 is 1.05 bits per heavy atom. The zero-order valence-corrected chi connectivity index (χ0v) is 24.8. The maximum atomic E-state index is 12.7. The average molecular weight is 582 g/mol. The van der Waals surface area contributed by atoms with E-state index in [1.165, 1.54) is 29.2 Å². The van der Waals surface area contributed by atoms with Crippen LogP contribution in [0.1, 0.15) is 54.9 Å². The van der Waals surface area contributed by atoms with Crippen LogP contribution in [0, 0.1) is 12.3 Å². The molecule has 5 rings (SSSR count). The van der Waals surface area contributed by atoms with Gasteiger partial charge in [0.2, 0.25) is 0 Å². The van der Waals surface area contributed by atoms with Crippen LogP contribution in [-0.2, 0) is 10.0 Å². The summed E-state index contributed by atoms with van der Waals surface area (Å²) in [5, 5.41) is 7.22. The molecule has 10 heteroatoms. The highest BCUT2D eigenvalue weighted by Crippen LogP contribution is 2.43. The van der Waals surface area contributed by atoms with Gasteiger partial charge in [-0.15, -0.1) is 0 Å². The number of nitrogens with one attached hydrogen (secondary N) is 2. The Labute approximate surface area is 241 Å². The zero-order valence-electron chi connectivity index (χ0n) is 23.2. The van der Waals surface area contributed by atoms with Crippen molar-refractivity contribution in [3.05, 3.63) is 82.1 Å².